The zero-order valence-electron chi connectivity index (χ0n) is 11.6. The van der Waals surface area contributed by atoms with Gasteiger partial charge in [-0.05, 0) is 45.1 Å². The van der Waals surface area contributed by atoms with E-state index in [-0.39, 0.29) is 6.10 Å². The van der Waals surface area contributed by atoms with E-state index in [9.17, 15) is 5.11 Å². The Morgan fingerprint density at radius 3 is 2.78 bits per heavy atom. The van der Waals surface area contributed by atoms with Crippen LogP contribution in [0.4, 0.5) is 0 Å². The van der Waals surface area contributed by atoms with Gasteiger partial charge in [0.25, 0.3) is 0 Å². The van der Waals surface area contributed by atoms with Crippen molar-refractivity contribution in [2.24, 2.45) is 5.92 Å². The SMILES string of the molecule is CCOCC(O)CN(CC1CC1)CC1CCCN1. The first-order valence-electron chi connectivity index (χ1n) is 7.49. The third-order valence-electron chi connectivity index (χ3n) is 3.84. The summed E-state index contributed by atoms with van der Waals surface area (Å²) in [6.07, 6.45) is 4.98. The summed E-state index contributed by atoms with van der Waals surface area (Å²) in [6, 6.07) is 0.628. The first kappa shape index (κ1) is 14.3. The van der Waals surface area contributed by atoms with Gasteiger partial charge < -0.3 is 15.2 Å². The normalized spacial score (nSPS) is 25.8. The van der Waals surface area contributed by atoms with Gasteiger partial charge in [0, 0.05) is 32.3 Å². The number of aliphatic hydroxyl groups is 1. The third-order valence-corrected chi connectivity index (χ3v) is 3.84. The molecule has 106 valence electrons. The molecule has 2 atom stereocenters. The van der Waals surface area contributed by atoms with Gasteiger partial charge in [-0.15, -0.1) is 0 Å². The first-order valence-corrected chi connectivity index (χ1v) is 7.49. The van der Waals surface area contributed by atoms with Crippen LogP contribution in [0.3, 0.4) is 0 Å². The van der Waals surface area contributed by atoms with E-state index in [1.54, 1.807) is 0 Å². The minimum absolute atomic E-state index is 0.342. The minimum Gasteiger partial charge on any atom is -0.389 e. The monoisotopic (exact) mass is 256 g/mol. The highest BCUT2D eigenvalue weighted by molar-refractivity contribution is 4.83. The maximum atomic E-state index is 9.97. The summed E-state index contributed by atoms with van der Waals surface area (Å²) >= 11 is 0. The smallest absolute Gasteiger partial charge is 0.0900 e. The number of ether oxygens (including phenoxy) is 1. The van der Waals surface area contributed by atoms with Crippen molar-refractivity contribution >= 4 is 0 Å². The summed E-state index contributed by atoms with van der Waals surface area (Å²) in [7, 11) is 0. The molecule has 0 aromatic rings. The molecule has 4 nitrogen and oxygen atoms in total. The molecular weight excluding hydrogens is 228 g/mol. The van der Waals surface area contributed by atoms with E-state index in [1.807, 2.05) is 6.92 Å². The number of nitrogens with zero attached hydrogens (tertiary/aromatic N) is 1. The molecule has 0 aromatic carbocycles. The van der Waals surface area contributed by atoms with Crippen LogP contribution < -0.4 is 5.32 Å². The Kier molecular flexibility index (Phi) is 5.89. The summed E-state index contributed by atoms with van der Waals surface area (Å²) in [5, 5.41) is 13.5. The summed E-state index contributed by atoms with van der Waals surface area (Å²) in [5.41, 5.74) is 0. The summed E-state index contributed by atoms with van der Waals surface area (Å²) in [6.45, 7) is 7.27. The second kappa shape index (κ2) is 7.43. The Balaban J connectivity index is 1.71. The van der Waals surface area contributed by atoms with E-state index in [0.29, 0.717) is 19.3 Å². The predicted molar refractivity (Wildman–Crippen MR) is 72.7 cm³/mol. The van der Waals surface area contributed by atoms with Crippen molar-refractivity contribution in [2.75, 3.05) is 39.4 Å². The van der Waals surface area contributed by atoms with Gasteiger partial charge in [-0.3, -0.25) is 4.90 Å². The number of hydrogen-bond acceptors (Lipinski definition) is 4. The quantitative estimate of drug-likeness (QED) is 0.642. The van der Waals surface area contributed by atoms with Gasteiger partial charge in [0.1, 0.15) is 0 Å². The van der Waals surface area contributed by atoms with E-state index in [4.69, 9.17) is 4.74 Å². The Labute approximate surface area is 111 Å². The van der Waals surface area contributed by atoms with E-state index in [2.05, 4.69) is 10.2 Å². The van der Waals surface area contributed by atoms with Crippen LogP contribution in [0.1, 0.15) is 32.6 Å². The van der Waals surface area contributed by atoms with Gasteiger partial charge in [-0.2, -0.15) is 0 Å². The molecule has 18 heavy (non-hydrogen) atoms. The average Bonchev–Trinajstić information content (AvgIpc) is 3.01. The second-order valence-electron chi connectivity index (χ2n) is 5.77. The molecule has 2 N–H and O–H groups in total. The van der Waals surface area contributed by atoms with E-state index < -0.39 is 0 Å². The molecule has 2 aliphatic rings. The highest BCUT2D eigenvalue weighted by atomic mass is 16.5. The molecule has 1 saturated carbocycles. The third kappa shape index (κ3) is 5.22. The molecule has 0 aromatic heterocycles. The fourth-order valence-electron chi connectivity index (χ4n) is 2.72. The van der Waals surface area contributed by atoms with Gasteiger partial charge in [0.2, 0.25) is 0 Å². The van der Waals surface area contributed by atoms with Crippen LogP contribution in [-0.4, -0.2) is 61.5 Å². The van der Waals surface area contributed by atoms with Crippen LogP contribution in [0.25, 0.3) is 0 Å². The molecule has 0 radical (unpaired) electrons. The highest BCUT2D eigenvalue weighted by Gasteiger charge is 2.27. The Hall–Kier alpha value is -0.160. The number of nitrogens with one attached hydrogen (secondary N) is 1. The van der Waals surface area contributed by atoms with E-state index >= 15 is 0 Å². The molecule has 2 unspecified atom stereocenters. The van der Waals surface area contributed by atoms with Crippen LogP contribution in [0.5, 0.6) is 0 Å². The van der Waals surface area contributed by atoms with Gasteiger partial charge in [0.05, 0.1) is 12.7 Å². The minimum atomic E-state index is -0.342. The van der Waals surface area contributed by atoms with Crippen molar-refractivity contribution < 1.29 is 9.84 Å². The Bertz CT molecular complexity index is 228. The Morgan fingerprint density at radius 1 is 1.33 bits per heavy atom. The van der Waals surface area contributed by atoms with Gasteiger partial charge in [0.15, 0.2) is 0 Å². The number of rotatable bonds is 9. The molecule has 2 fully saturated rings. The molecule has 0 amide bonds. The maximum Gasteiger partial charge on any atom is 0.0900 e. The lowest BCUT2D eigenvalue weighted by Crippen LogP contribution is -2.43. The molecule has 2 rings (SSSR count). The molecule has 1 aliphatic heterocycles. The average molecular weight is 256 g/mol. The van der Waals surface area contributed by atoms with Crippen molar-refractivity contribution in [3.63, 3.8) is 0 Å². The van der Waals surface area contributed by atoms with Crippen LogP contribution in [0, 0.1) is 5.92 Å². The Morgan fingerprint density at radius 2 is 2.17 bits per heavy atom. The molecule has 1 saturated heterocycles. The van der Waals surface area contributed by atoms with Crippen molar-refractivity contribution in [2.45, 2.75) is 44.8 Å². The number of aliphatic hydroxyl groups excluding tert-OH is 1. The van der Waals surface area contributed by atoms with Crippen LogP contribution in [-0.2, 0) is 4.74 Å². The number of hydrogen-bond donors (Lipinski definition) is 2. The largest absolute Gasteiger partial charge is 0.389 e. The summed E-state index contributed by atoms with van der Waals surface area (Å²) < 4.78 is 5.29. The van der Waals surface area contributed by atoms with Crippen LogP contribution >= 0.6 is 0 Å². The van der Waals surface area contributed by atoms with Crippen LogP contribution in [0.2, 0.25) is 0 Å². The first-order chi connectivity index (χ1) is 8.78. The molecule has 4 heteroatoms. The van der Waals surface area contributed by atoms with Gasteiger partial charge in [-0.25, -0.2) is 0 Å². The second-order valence-corrected chi connectivity index (χ2v) is 5.77. The fourth-order valence-corrected chi connectivity index (χ4v) is 2.72. The van der Waals surface area contributed by atoms with Gasteiger partial charge >= 0.3 is 0 Å². The standard InChI is InChI=1S/C14H28N2O2/c1-2-18-11-14(17)10-16(8-12-5-6-12)9-13-4-3-7-15-13/h12-15,17H,2-11H2,1H3. The molecule has 0 spiro atoms. The van der Waals surface area contributed by atoms with E-state index in [0.717, 1.165) is 32.1 Å². The maximum absolute atomic E-state index is 9.97. The summed E-state index contributed by atoms with van der Waals surface area (Å²) in [4.78, 5) is 2.43. The lowest BCUT2D eigenvalue weighted by atomic mass is 10.2. The van der Waals surface area contributed by atoms with Crippen molar-refractivity contribution in [3.8, 4) is 0 Å². The molecule has 0 bridgehead atoms. The zero-order valence-corrected chi connectivity index (χ0v) is 11.6. The van der Waals surface area contributed by atoms with Crippen molar-refractivity contribution in [1.82, 2.24) is 10.2 Å². The lowest BCUT2D eigenvalue weighted by Gasteiger charge is -2.27. The highest BCUT2D eigenvalue weighted by Crippen LogP contribution is 2.30. The lowest BCUT2D eigenvalue weighted by molar-refractivity contribution is 0.0189. The molecule has 1 heterocycles. The predicted octanol–water partition coefficient (Wildman–Crippen LogP) is 0.848. The summed E-state index contributed by atoms with van der Waals surface area (Å²) in [5.74, 6) is 0.880. The molecule has 1 aliphatic carbocycles. The van der Waals surface area contributed by atoms with E-state index in [1.165, 1.54) is 25.7 Å². The topological polar surface area (TPSA) is 44.7 Å². The molecular formula is C14H28N2O2. The fraction of sp³-hybridized carbons (Fsp3) is 1.00. The van der Waals surface area contributed by atoms with Crippen molar-refractivity contribution in [1.29, 1.82) is 0 Å². The van der Waals surface area contributed by atoms with Gasteiger partial charge in [-0.1, -0.05) is 0 Å². The van der Waals surface area contributed by atoms with Crippen molar-refractivity contribution in [3.05, 3.63) is 0 Å². The zero-order chi connectivity index (χ0) is 12.8. The van der Waals surface area contributed by atoms with Crippen LogP contribution in [0.15, 0.2) is 0 Å².